The normalized spacial score (nSPS) is 10.7. The van der Waals surface area contributed by atoms with Gasteiger partial charge in [-0.1, -0.05) is 30.4 Å². The Kier molecular flexibility index (Phi) is 4.38. The van der Waals surface area contributed by atoms with Gasteiger partial charge in [-0.25, -0.2) is 9.97 Å². The highest BCUT2D eigenvalue weighted by Gasteiger charge is 2.09. The first-order valence-electron chi connectivity index (χ1n) is 5.22. The van der Waals surface area contributed by atoms with Gasteiger partial charge in [0.15, 0.2) is 10.3 Å². The summed E-state index contributed by atoms with van der Waals surface area (Å²) in [5.41, 5.74) is 0. The first-order valence-corrected chi connectivity index (χ1v) is 7.19. The zero-order valence-electron chi connectivity index (χ0n) is 9.70. The van der Waals surface area contributed by atoms with E-state index in [-0.39, 0.29) is 0 Å². The van der Waals surface area contributed by atoms with Crippen LogP contribution in [0.1, 0.15) is 12.7 Å². The molecule has 7 heteroatoms. The SMILES string of the molecule is CCSc1nnc(CSc2ncccn2)n1C. The smallest absolute Gasteiger partial charge is 0.190 e. The van der Waals surface area contributed by atoms with Gasteiger partial charge in [0.1, 0.15) is 5.82 Å². The third kappa shape index (κ3) is 3.19. The molecule has 2 aromatic rings. The monoisotopic (exact) mass is 267 g/mol. The molecule has 2 aromatic heterocycles. The Hall–Kier alpha value is -1.08. The first-order chi connectivity index (χ1) is 8.31. The molecule has 90 valence electrons. The summed E-state index contributed by atoms with van der Waals surface area (Å²) in [5.74, 6) is 2.68. The molecular formula is C10H13N5S2. The molecular weight excluding hydrogens is 254 g/mol. The summed E-state index contributed by atoms with van der Waals surface area (Å²) in [6.45, 7) is 2.10. The lowest BCUT2D eigenvalue weighted by atomic mass is 10.7. The van der Waals surface area contributed by atoms with Crippen molar-refractivity contribution in [1.82, 2.24) is 24.7 Å². The van der Waals surface area contributed by atoms with Gasteiger partial charge in [-0.15, -0.1) is 10.2 Å². The number of hydrogen-bond acceptors (Lipinski definition) is 6. The van der Waals surface area contributed by atoms with Crippen LogP contribution < -0.4 is 0 Å². The lowest BCUT2D eigenvalue weighted by Crippen LogP contribution is -1.98. The van der Waals surface area contributed by atoms with Gasteiger partial charge in [-0.3, -0.25) is 0 Å². The Balaban J connectivity index is 2.00. The van der Waals surface area contributed by atoms with E-state index in [9.17, 15) is 0 Å². The number of thioether (sulfide) groups is 2. The number of hydrogen-bond donors (Lipinski definition) is 0. The van der Waals surface area contributed by atoms with E-state index in [0.717, 1.165) is 27.6 Å². The standard InChI is InChI=1S/C10H13N5S2/c1-3-16-10-14-13-8(15(10)2)7-17-9-11-5-4-6-12-9/h4-6H,3,7H2,1-2H3. The first kappa shape index (κ1) is 12.4. The highest BCUT2D eigenvalue weighted by Crippen LogP contribution is 2.20. The summed E-state index contributed by atoms with van der Waals surface area (Å²) in [6.07, 6.45) is 3.48. The molecule has 0 atom stereocenters. The van der Waals surface area contributed by atoms with Gasteiger partial charge in [-0.05, 0) is 11.8 Å². The van der Waals surface area contributed by atoms with E-state index in [0.29, 0.717) is 0 Å². The lowest BCUT2D eigenvalue weighted by molar-refractivity contribution is 0.761. The van der Waals surface area contributed by atoms with Gasteiger partial charge in [0, 0.05) is 19.4 Å². The van der Waals surface area contributed by atoms with Crippen molar-refractivity contribution < 1.29 is 0 Å². The minimum absolute atomic E-state index is 0.734. The predicted octanol–water partition coefficient (Wildman–Crippen LogP) is 2.01. The second-order valence-corrected chi connectivity index (χ2v) is 5.38. The molecule has 0 radical (unpaired) electrons. The van der Waals surface area contributed by atoms with Crippen LogP contribution in [-0.4, -0.2) is 30.5 Å². The van der Waals surface area contributed by atoms with E-state index >= 15 is 0 Å². The zero-order chi connectivity index (χ0) is 12.1. The average molecular weight is 267 g/mol. The Bertz CT molecular complexity index is 471. The Labute approximate surface area is 108 Å². The van der Waals surface area contributed by atoms with Crippen LogP contribution in [0, 0.1) is 0 Å². The third-order valence-corrected chi connectivity index (χ3v) is 3.84. The number of rotatable bonds is 5. The maximum absolute atomic E-state index is 4.17. The Morgan fingerprint density at radius 3 is 2.65 bits per heavy atom. The van der Waals surface area contributed by atoms with Crippen LogP contribution in [0.4, 0.5) is 0 Å². The van der Waals surface area contributed by atoms with E-state index in [1.807, 2.05) is 17.7 Å². The van der Waals surface area contributed by atoms with Gasteiger partial charge in [0.2, 0.25) is 0 Å². The highest BCUT2D eigenvalue weighted by molar-refractivity contribution is 7.99. The maximum atomic E-state index is 4.17. The molecule has 0 aromatic carbocycles. The largest absolute Gasteiger partial charge is 0.308 e. The van der Waals surface area contributed by atoms with E-state index < -0.39 is 0 Å². The molecule has 0 aliphatic carbocycles. The topological polar surface area (TPSA) is 56.5 Å². The van der Waals surface area contributed by atoms with E-state index in [2.05, 4.69) is 27.1 Å². The molecule has 17 heavy (non-hydrogen) atoms. The molecule has 0 saturated carbocycles. The van der Waals surface area contributed by atoms with Crippen LogP contribution in [0.15, 0.2) is 28.8 Å². The van der Waals surface area contributed by atoms with E-state index in [4.69, 9.17) is 0 Å². The molecule has 0 N–H and O–H groups in total. The van der Waals surface area contributed by atoms with Crippen LogP contribution >= 0.6 is 23.5 Å². The van der Waals surface area contributed by atoms with Crippen LogP contribution in [0.5, 0.6) is 0 Å². The second kappa shape index (κ2) is 6.02. The van der Waals surface area contributed by atoms with Gasteiger partial charge in [0.05, 0.1) is 5.75 Å². The molecule has 5 nitrogen and oxygen atoms in total. The lowest BCUT2D eigenvalue weighted by Gasteiger charge is -2.01. The van der Waals surface area contributed by atoms with Crippen molar-refractivity contribution in [3.8, 4) is 0 Å². The van der Waals surface area contributed by atoms with Crippen molar-refractivity contribution in [2.75, 3.05) is 5.75 Å². The Morgan fingerprint density at radius 1 is 1.18 bits per heavy atom. The minimum atomic E-state index is 0.734. The Morgan fingerprint density at radius 2 is 1.94 bits per heavy atom. The van der Waals surface area contributed by atoms with E-state index in [1.165, 1.54) is 0 Å². The molecule has 0 saturated heterocycles. The molecule has 0 unspecified atom stereocenters. The summed E-state index contributed by atoms with van der Waals surface area (Å²) in [6, 6.07) is 1.81. The van der Waals surface area contributed by atoms with Crippen LogP contribution in [0.2, 0.25) is 0 Å². The summed E-state index contributed by atoms with van der Waals surface area (Å²) >= 11 is 3.26. The fourth-order valence-electron chi connectivity index (χ4n) is 1.21. The van der Waals surface area contributed by atoms with Crippen LogP contribution in [0.3, 0.4) is 0 Å². The fourth-order valence-corrected chi connectivity index (χ4v) is 2.65. The molecule has 0 fully saturated rings. The van der Waals surface area contributed by atoms with Crippen molar-refractivity contribution in [2.24, 2.45) is 7.05 Å². The third-order valence-electron chi connectivity index (χ3n) is 2.07. The summed E-state index contributed by atoms with van der Waals surface area (Å²) in [5, 5.41) is 10.0. The maximum Gasteiger partial charge on any atom is 0.190 e. The van der Waals surface area contributed by atoms with Crippen molar-refractivity contribution in [3.63, 3.8) is 0 Å². The number of nitrogens with zero attached hydrogens (tertiary/aromatic N) is 5. The highest BCUT2D eigenvalue weighted by atomic mass is 32.2. The average Bonchev–Trinajstić information content (AvgIpc) is 2.70. The molecule has 0 bridgehead atoms. The minimum Gasteiger partial charge on any atom is -0.308 e. The van der Waals surface area contributed by atoms with Gasteiger partial charge in [0.25, 0.3) is 0 Å². The van der Waals surface area contributed by atoms with Crippen molar-refractivity contribution in [1.29, 1.82) is 0 Å². The summed E-state index contributed by atoms with van der Waals surface area (Å²) in [4.78, 5) is 8.31. The van der Waals surface area contributed by atoms with Gasteiger partial charge in [-0.2, -0.15) is 0 Å². The molecule has 0 aliphatic rings. The molecule has 0 amide bonds. The van der Waals surface area contributed by atoms with Crippen LogP contribution in [0.25, 0.3) is 0 Å². The quantitative estimate of drug-likeness (QED) is 0.610. The van der Waals surface area contributed by atoms with E-state index in [1.54, 1.807) is 35.9 Å². The zero-order valence-corrected chi connectivity index (χ0v) is 11.3. The fraction of sp³-hybridized carbons (Fsp3) is 0.400. The summed E-state index contributed by atoms with van der Waals surface area (Å²) in [7, 11) is 1.99. The van der Waals surface area contributed by atoms with Crippen molar-refractivity contribution in [2.45, 2.75) is 23.0 Å². The van der Waals surface area contributed by atoms with Crippen molar-refractivity contribution in [3.05, 3.63) is 24.3 Å². The second-order valence-electron chi connectivity index (χ2n) is 3.21. The number of aromatic nitrogens is 5. The predicted molar refractivity (Wildman–Crippen MR) is 69.0 cm³/mol. The van der Waals surface area contributed by atoms with Crippen molar-refractivity contribution >= 4 is 23.5 Å². The molecule has 0 aliphatic heterocycles. The van der Waals surface area contributed by atoms with Crippen LogP contribution in [-0.2, 0) is 12.8 Å². The molecule has 2 heterocycles. The molecule has 0 spiro atoms. The summed E-state index contributed by atoms with van der Waals surface area (Å²) < 4.78 is 2.02. The molecule has 2 rings (SSSR count). The van der Waals surface area contributed by atoms with Gasteiger partial charge >= 0.3 is 0 Å². The van der Waals surface area contributed by atoms with Gasteiger partial charge < -0.3 is 4.57 Å².